The summed E-state index contributed by atoms with van der Waals surface area (Å²) in [6.07, 6.45) is 3.62. The SMILES string of the molecule is CCCC(CN)(CCC)C(=O)Nc1ccc(C(C)C)cc1. The highest BCUT2D eigenvalue weighted by atomic mass is 16.2. The molecule has 0 fully saturated rings. The molecule has 3 nitrogen and oxygen atoms in total. The van der Waals surface area contributed by atoms with E-state index in [2.05, 4.69) is 45.1 Å². The standard InChI is InChI=1S/C18H30N2O/c1-5-11-18(13-19,12-6-2)17(21)20-16-9-7-15(8-10-16)14(3)4/h7-10,14H,5-6,11-13,19H2,1-4H3,(H,20,21). The molecule has 1 aromatic carbocycles. The van der Waals surface area contributed by atoms with E-state index in [9.17, 15) is 4.79 Å². The van der Waals surface area contributed by atoms with Crippen LogP contribution >= 0.6 is 0 Å². The van der Waals surface area contributed by atoms with Crippen molar-refractivity contribution in [2.24, 2.45) is 11.1 Å². The number of carbonyl (C=O) groups is 1. The first-order chi connectivity index (χ1) is 9.99. The molecule has 1 amide bonds. The Bertz CT molecular complexity index is 431. The lowest BCUT2D eigenvalue weighted by Crippen LogP contribution is -2.42. The Balaban J connectivity index is 2.85. The molecule has 1 rings (SSSR count). The molecule has 0 saturated heterocycles. The summed E-state index contributed by atoms with van der Waals surface area (Å²) >= 11 is 0. The highest BCUT2D eigenvalue weighted by Crippen LogP contribution is 2.30. The van der Waals surface area contributed by atoms with Crippen molar-refractivity contribution >= 4 is 11.6 Å². The van der Waals surface area contributed by atoms with Gasteiger partial charge in [-0.05, 0) is 36.5 Å². The van der Waals surface area contributed by atoms with Gasteiger partial charge in [0, 0.05) is 12.2 Å². The summed E-state index contributed by atoms with van der Waals surface area (Å²) in [7, 11) is 0. The summed E-state index contributed by atoms with van der Waals surface area (Å²) < 4.78 is 0. The molecular formula is C18H30N2O. The minimum atomic E-state index is -0.430. The van der Waals surface area contributed by atoms with Gasteiger partial charge in [-0.25, -0.2) is 0 Å². The third-order valence-corrected chi connectivity index (χ3v) is 4.16. The predicted molar refractivity (Wildman–Crippen MR) is 90.5 cm³/mol. The molecule has 0 unspecified atom stereocenters. The van der Waals surface area contributed by atoms with Gasteiger partial charge in [-0.2, -0.15) is 0 Å². The summed E-state index contributed by atoms with van der Waals surface area (Å²) in [5, 5.41) is 3.05. The van der Waals surface area contributed by atoms with Crippen LogP contribution < -0.4 is 11.1 Å². The van der Waals surface area contributed by atoms with Crippen molar-refractivity contribution in [1.82, 2.24) is 0 Å². The largest absolute Gasteiger partial charge is 0.329 e. The molecule has 0 saturated carbocycles. The van der Waals surface area contributed by atoms with Crippen molar-refractivity contribution in [1.29, 1.82) is 0 Å². The number of anilines is 1. The van der Waals surface area contributed by atoms with Gasteiger partial charge in [0.15, 0.2) is 0 Å². The maximum atomic E-state index is 12.7. The molecule has 0 spiro atoms. The van der Waals surface area contributed by atoms with E-state index in [1.165, 1.54) is 5.56 Å². The number of nitrogens with one attached hydrogen (secondary N) is 1. The molecule has 118 valence electrons. The number of amides is 1. The van der Waals surface area contributed by atoms with E-state index in [0.717, 1.165) is 31.4 Å². The van der Waals surface area contributed by atoms with E-state index in [1.807, 2.05) is 12.1 Å². The molecule has 3 heteroatoms. The van der Waals surface area contributed by atoms with Crippen LogP contribution in [-0.4, -0.2) is 12.5 Å². The Labute approximate surface area is 129 Å². The number of hydrogen-bond acceptors (Lipinski definition) is 2. The number of hydrogen-bond donors (Lipinski definition) is 2. The van der Waals surface area contributed by atoms with Crippen LogP contribution in [-0.2, 0) is 4.79 Å². The molecular weight excluding hydrogens is 260 g/mol. The van der Waals surface area contributed by atoms with Gasteiger partial charge < -0.3 is 11.1 Å². The van der Waals surface area contributed by atoms with Crippen LogP contribution in [0.15, 0.2) is 24.3 Å². The number of carbonyl (C=O) groups excluding carboxylic acids is 1. The average Bonchev–Trinajstić information content (AvgIpc) is 2.47. The van der Waals surface area contributed by atoms with Crippen molar-refractivity contribution < 1.29 is 4.79 Å². The summed E-state index contributed by atoms with van der Waals surface area (Å²) in [5.74, 6) is 0.559. The zero-order valence-electron chi connectivity index (χ0n) is 13.9. The van der Waals surface area contributed by atoms with Crippen LogP contribution in [0.1, 0.15) is 64.9 Å². The van der Waals surface area contributed by atoms with E-state index in [1.54, 1.807) is 0 Å². The molecule has 0 radical (unpaired) electrons. The Morgan fingerprint density at radius 1 is 1.14 bits per heavy atom. The lowest BCUT2D eigenvalue weighted by atomic mass is 9.78. The van der Waals surface area contributed by atoms with Gasteiger partial charge in [0.1, 0.15) is 0 Å². The molecule has 3 N–H and O–H groups in total. The van der Waals surface area contributed by atoms with Crippen LogP contribution in [0.3, 0.4) is 0 Å². The fourth-order valence-corrected chi connectivity index (χ4v) is 2.82. The molecule has 0 aromatic heterocycles. The molecule has 0 aliphatic heterocycles. The lowest BCUT2D eigenvalue weighted by molar-refractivity contribution is -0.126. The van der Waals surface area contributed by atoms with Crippen molar-refractivity contribution in [3.05, 3.63) is 29.8 Å². The molecule has 0 heterocycles. The van der Waals surface area contributed by atoms with Crippen molar-refractivity contribution in [3.63, 3.8) is 0 Å². The first-order valence-electron chi connectivity index (χ1n) is 8.10. The van der Waals surface area contributed by atoms with Crippen LogP contribution in [0.5, 0.6) is 0 Å². The third-order valence-electron chi connectivity index (χ3n) is 4.16. The van der Waals surface area contributed by atoms with Crippen LogP contribution in [0, 0.1) is 5.41 Å². The van der Waals surface area contributed by atoms with Crippen LogP contribution in [0.25, 0.3) is 0 Å². The van der Waals surface area contributed by atoms with E-state index < -0.39 is 5.41 Å². The zero-order valence-corrected chi connectivity index (χ0v) is 13.9. The first kappa shape index (κ1) is 17.7. The summed E-state index contributed by atoms with van der Waals surface area (Å²) in [6.45, 7) is 8.94. The molecule has 0 aliphatic rings. The number of rotatable bonds is 8. The molecule has 0 bridgehead atoms. The fraction of sp³-hybridized carbons (Fsp3) is 0.611. The van der Waals surface area contributed by atoms with Gasteiger partial charge in [0.2, 0.25) is 5.91 Å². The van der Waals surface area contributed by atoms with E-state index in [4.69, 9.17) is 5.73 Å². The second kappa shape index (κ2) is 8.18. The van der Waals surface area contributed by atoms with E-state index in [-0.39, 0.29) is 5.91 Å². The van der Waals surface area contributed by atoms with Gasteiger partial charge in [0.05, 0.1) is 5.41 Å². The van der Waals surface area contributed by atoms with Gasteiger partial charge in [-0.15, -0.1) is 0 Å². The van der Waals surface area contributed by atoms with Gasteiger partial charge in [-0.3, -0.25) is 4.79 Å². The number of nitrogens with two attached hydrogens (primary N) is 1. The van der Waals surface area contributed by atoms with Gasteiger partial charge >= 0.3 is 0 Å². The minimum Gasteiger partial charge on any atom is -0.329 e. The zero-order chi connectivity index (χ0) is 15.9. The third kappa shape index (κ3) is 4.57. The Kier molecular flexibility index (Phi) is 6.90. The smallest absolute Gasteiger partial charge is 0.231 e. The highest BCUT2D eigenvalue weighted by Gasteiger charge is 2.35. The summed E-state index contributed by atoms with van der Waals surface area (Å²) in [6, 6.07) is 8.10. The van der Waals surface area contributed by atoms with Gasteiger partial charge in [0.25, 0.3) is 0 Å². The summed E-state index contributed by atoms with van der Waals surface area (Å²) in [5.41, 5.74) is 7.64. The quantitative estimate of drug-likeness (QED) is 0.750. The highest BCUT2D eigenvalue weighted by molar-refractivity contribution is 5.95. The maximum absolute atomic E-state index is 12.7. The maximum Gasteiger partial charge on any atom is 0.231 e. The second-order valence-corrected chi connectivity index (χ2v) is 6.22. The molecule has 1 aromatic rings. The molecule has 0 aliphatic carbocycles. The van der Waals surface area contributed by atoms with Crippen molar-refractivity contribution in [2.75, 3.05) is 11.9 Å². The van der Waals surface area contributed by atoms with E-state index in [0.29, 0.717) is 12.5 Å². The Hall–Kier alpha value is -1.35. The topological polar surface area (TPSA) is 55.1 Å². The lowest BCUT2D eigenvalue weighted by Gasteiger charge is -2.30. The first-order valence-corrected chi connectivity index (χ1v) is 8.10. The van der Waals surface area contributed by atoms with Crippen molar-refractivity contribution in [3.8, 4) is 0 Å². The summed E-state index contributed by atoms with van der Waals surface area (Å²) in [4.78, 5) is 12.7. The van der Waals surface area contributed by atoms with Crippen LogP contribution in [0.2, 0.25) is 0 Å². The fourth-order valence-electron chi connectivity index (χ4n) is 2.82. The number of benzene rings is 1. The van der Waals surface area contributed by atoms with Gasteiger partial charge in [-0.1, -0.05) is 52.7 Å². The van der Waals surface area contributed by atoms with Crippen LogP contribution in [0.4, 0.5) is 5.69 Å². The normalized spacial score (nSPS) is 11.7. The average molecular weight is 290 g/mol. The molecule has 21 heavy (non-hydrogen) atoms. The monoisotopic (exact) mass is 290 g/mol. The predicted octanol–water partition coefficient (Wildman–Crippen LogP) is 4.29. The van der Waals surface area contributed by atoms with E-state index >= 15 is 0 Å². The Morgan fingerprint density at radius 2 is 1.67 bits per heavy atom. The van der Waals surface area contributed by atoms with Crippen molar-refractivity contribution in [2.45, 2.75) is 59.3 Å². The second-order valence-electron chi connectivity index (χ2n) is 6.22. The molecule has 0 atom stereocenters. The minimum absolute atomic E-state index is 0.0611. The Morgan fingerprint density at radius 3 is 2.05 bits per heavy atom.